The van der Waals surface area contributed by atoms with E-state index in [0.29, 0.717) is 48.8 Å². The van der Waals surface area contributed by atoms with Crippen molar-refractivity contribution >= 4 is 23.7 Å². The number of H-pyrrole nitrogens is 1. The van der Waals surface area contributed by atoms with Crippen LogP contribution in [0.25, 0.3) is 0 Å². The average molecular weight is 409 g/mol. The first-order valence-corrected chi connectivity index (χ1v) is 10.5. The van der Waals surface area contributed by atoms with E-state index in [-0.39, 0.29) is 6.04 Å². The molecule has 4 rings (SSSR count). The second-order valence-electron chi connectivity index (χ2n) is 7.99. The molecule has 1 saturated carbocycles. The van der Waals surface area contributed by atoms with Crippen molar-refractivity contribution in [2.75, 3.05) is 30.0 Å². The van der Waals surface area contributed by atoms with E-state index < -0.39 is 5.60 Å². The summed E-state index contributed by atoms with van der Waals surface area (Å²) in [6, 6.07) is 3.90. The lowest BCUT2D eigenvalue weighted by molar-refractivity contribution is 0.0610. The predicted octanol–water partition coefficient (Wildman–Crippen LogP) is 2.82. The Balaban J connectivity index is 1.76. The molecule has 1 aliphatic heterocycles. The molecule has 1 saturated heterocycles. The van der Waals surface area contributed by atoms with Crippen LogP contribution in [-0.2, 0) is 4.74 Å². The summed E-state index contributed by atoms with van der Waals surface area (Å²) < 4.78 is 5.57. The number of nitrogens with zero attached hydrogens (tertiary/aromatic N) is 3. The fourth-order valence-electron chi connectivity index (χ4n) is 4.00. The minimum absolute atomic E-state index is 0.181. The van der Waals surface area contributed by atoms with Crippen molar-refractivity contribution in [1.29, 1.82) is 5.41 Å². The number of anilines is 3. The van der Waals surface area contributed by atoms with Crippen molar-refractivity contribution in [3.05, 3.63) is 29.5 Å². The van der Waals surface area contributed by atoms with Gasteiger partial charge in [-0.15, -0.1) is 0 Å². The number of hydrogen-bond donors (Lipinski definition) is 4. The zero-order valence-corrected chi connectivity index (χ0v) is 17.2. The predicted molar refractivity (Wildman–Crippen MR) is 117 cm³/mol. The molecule has 0 radical (unpaired) electrons. The zero-order valence-electron chi connectivity index (χ0n) is 17.2. The fraction of sp³-hybridized carbons (Fsp3) is 0.500. The topological polar surface area (TPSA) is 110 Å². The van der Waals surface area contributed by atoms with E-state index in [0.717, 1.165) is 31.6 Å². The number of hydrogen-bond acceptors (Lipinski definition) is 7. The Morgan fingerprint density at radius 3 is 2.93 bits per heavy atom. The summed E-state index contributed by atoms with van der Waals surface area (Å²) in [5.41, 5.74) is 0.306. The van der Waals surface area contributed by atoms with Crippen molar-refractivity contribution in [2.24, 2.45) is 0 Å². The van der Waals surface area contributed by atoms with E-state index in [1.807, 2.05) is 6.07 Å². The Morgan fingerprint density at radius 1 is 1.40 bits per heavy atom. The Bertz CT molecular complexity index is 941. The number of nitrogens with one attached hydrogen (secondary N) is 3. The Kier molecular flexibility index (Phi) is 6.02. The third-order valence-electron chi connectivity index (χ3n) is 5.72. The molecule has 3 heterocycles. The van der Waals surface area contributed by atoms with Gasteiger partial charge in [-0.2, -0.15) is 5.10 Å². The number of rotatable bonds is 4. The average Bonchev–Trinajstić information content (AvgIpc) is 3.26. The zero-order chi connectivity index (χ0) is 21.0. The normalized spacial score (nSPS) is 20.9. The van der Waals surface area contributed by atoms with Crippen molar-refractivity contribution in [2.45, 2.75) is 50.7 Å². The highest BCUT2D eigenvalue weighted by molar-refractivity contribution is 5.90. The van der Waals surface area contributed by atoms with Crippen molar-refractivity contribution in [1.82, 2.24) is 15.2 Å². The molecule has 30 heavy (non-hydrogen) atoms. The Morgan fingerprint density at radius 2 is 2.23 bits per heavy atom. The maximum atomic E-state index is 10.8. The van der Waals surface area contributed by atoms with Gasteiger partial charge < -0.3 is 25.5 Å². The summed E-state index contributed by atoms with van der Waals surface area (Å²) in [6.45, 7) is 4.11. The van der Waals surface area contributed by atoms with E-state index in [4.69, 9.17) is 15.1 Å². The van der Waals surface area contributed by atoms with Gasteiger partial charge in [-0.25, -0.2) is 4.98 Å². The van der Waals surface area contributed by atoms with Crippen LogP contribution in [-0.4, -0.2) is 57.9 Å². The summed E-state index contributed by atoms with van der Waals surface area (Å²) in [4.78, 5) is 6.99. The van der Waals surface area contributed by atoms with Crippen LogP contribution in [0.5, 0.6) is 0 Å². The van der Waals surface area contributed by atoms with Crippen molar-refractivity contribution in [3.8, 4) is 11.8 Å². The van der Waals surface area contributed by atoms with E-state index >= 15 is 0 Å². The number of pyridine rings is 1. The van der Waals surface area contributed by atoms with Crippen LogP contribution in [0.1, 0.15) is 50.2 Å². The molecule has 2 aliphatic rings. The standard InChI is InChI=1S/C22H28N6O2/c1-16-15-30-12-11-28(16)20-13-17(5-9-22(29)7-3-2-4-8-22)18(14-23)21(26-20)25-19-6-10-24-27-19/h6,10,13-14,16,23,29H,2-4,7-8,11-12,15H2,1H3,(H2,24,25,26,27)/t16-/m1/s1. The number of aromatic amines is 1. The molecule has 0 unspecified atom stereocenters. The van der Waals surface area contributed by atoms with Crippen LogP contribution in [0, 0.1) is 17.3 Å². The van der Waals surface area contributed by atoms with Crippen molar-refractivity contribution < 1.29 is 9.84 Å². The molecule has 2 fully saturated rings. The van der Waals surface area contributed by atoms with E-state index in [2.05, 4.69) is 39.2 Å². The summed E-state index contributed by atoms with van der Waals surface area (Å²) >= 11 is 0. The van der Waals surface area contributed by atoms with E-state index in [1.54, 1.807) is 12.3 Å². The van der Waals surface area contributed by atoms with E-state index in [9.17, 15) is 5.11 Å². The van der Waals surface area contributed by atoms with Gasteiger partial charge in [0.2, 0.25) is 0 Å². The highest BCUT2D eigenvalue weighted by atomic mass is 16.5. The maximum absolute atomic E-state index is 10.8. The summed E-state index contributed by atoms with van der Waals surface area (Å²) in [6.07, 6.45) is 7.41. The number of morpholine rings is 1. The first-order chi connectivity index (χ1) is 14.6. The Labute approximate surface area is 176 Å². The number of ether oxygens (including phenoxy) is 1. The summed E-state index contributed by atoms with van der Waals surface area (Å²) in [7, 11) is 0. The quantitative estimate of drug-likeness (QED) is 0.457. The molecule has 0 spiro atoms. The van der Waals surface area contributed by atoms with Gasteiger partial charge in [0.15, 0.2) is 0 Å². The molecule has 158 valence electrons. The smallest absolute Gasteiger partial charge is 0.144 e. The van der Waals surface area contributed by atoms with Crippen LogP contribution >= 0.6 is 0 Å². The minimum atomic E-state index is -0.954. The lowest BCUT2D eigenvalue weighted by Crippen LogP contribution is -2.44. The monoisotopic (exact) mass is 408 g/mol. The summed E-state index contributed by atoms with van der Waals surface area (Å²) in [5.74, 6) is 8.27. The highest BCUT2D eigenvalue weighted by Crippen LogP contribution is 2.29. The first-order valence-electron chi connectivity index (χ1n) is 10.5. The fourth-order valence-corrected chi connectivity index (χ4v) is 4.00. The number of aromatic nitrogens is 3. The maximum Gasteiger partial charge on any atom is 0.144 e. The third kappa shape index (κ3) is 4.48. The molecule has 0 amide bonds. The molecule has 2 aromatic rings. The molecule has 8 nitrogen and oxygen atoms in total. The molecule has 1 aliphatic carbocycles. The minimum Gasteiger partial charge on any atom is -0.378 e. The second kappa shape index (κ2) is 8.86. The molecule has 2 aromatic heterocycles. The summed E-state index contributed by atoms with van der Waals surface area (Å²) in [5, 5.41) is 28.9. The molecule has 0 aromatic carbocycles. The van der Waals surface area contributed by atoms with Gasteiger partial charge in [0.1, 0.15) is 23.1 Å². The largest absolute Gasteiger partial charge is 0.378 e. The molecule has 8 heteroatoms. The van der Waals surface area contributed by atoms with Gasteiger partial charge in [0, 0.05) is 24.4 Å². The lowest BCUT2D eigenvalue weighted by Gasteiger charge is -2.34. The van der Waals surface area contributed by atoms with Crippen LogP contribution in [0.15, 0.2) is 18.3 Å². The molecular weight excluding hydrogens is 380 g/mol. The Hall–Kier alpha value is -2.89. The first kappa shape index (κ1) is 20.4. The van der Waals surface area contributed by atoms with Gasteiger partial charge >= 0.3 is 0 Å². The SMILES string of the molecule is C[C@@H]1COCCN1c1cc(C#CC2(O)CCCCC2)c(C=N)c(Nc2ccn[nH]2)n1. The van der Waals surface area contributed by atoms with Crippen LogP contribution in [0.2, 0.25) is 0 Å². The van der Waals surface area contributed by atoms with Gasteiger partial charge in [0.25, 0.3) is 0 Å². The number of aliphatic hydroxyl groups is 1. The van der Waals surface area contributed by atoms with E-state index in [1.165, 1.54) is 6.21 Å². The van der Waals surface area contributed by atoms with Gasteiger partial charge in [-0.1, -0.05) is 18.3 Å². The molecule has 4 N–H and O–H groups in total. The highest BCUT2D eigenvalue weighted by Gasteiger charge is 2.27. The van der Waals surface area contributed by atoms with Crippen LogP contribution < -0.4 is 10.2 Å². The van der Waals surface area contributed by atoms with Crippen molar-refractivity contribution in [3.63, 3.8) is 0 Å². The molecular formula is C22H28N6O2. The molecule has 0 bridgehead atoms. The van der Waals surface area contributed by atoms with Gasteiger partial charge in [0.05, 0.1) is 31.0 Å². The lowest BCUT2D eigenvalue weighted by atomic mass is 9.85. The third-order valence-corrected chi connectivity index (χ3v) is 5.72. The molecule has 1 atom stereocenters. The van der Waals surface area contributed by atoms with Gasteiger partial charge in [-0.05, 0) is 38.7 Å². The van der Waals surface area contributed by atoms with Crippen LogP contribution in [0.3, 0.4) is 0 Å². The van der Waals surface area contributed by atoms with Crippen LogP contribution in [0.4, 0.5) is 17.5 Å². The van der Waals surface area contributed by atoms with Gasteiger partial charge in [-0.3, -0.25) is 5.10 Å². The second-order valence-corrected chi connectivity index (χ2v) is 7.99.